The molecule has 1 N–H and O–H groups in total. The average molecular weight is 173 g/mol. The van der Waals surface area contributed by atoms with E-state index < -0.39 is 0 Å². The molecular formula is C10H11N3. The molecule has 0 fully saturated rings. The molecule has 1 aliphatic rings. The van der Waals surface area contributed by atoms with Crippen molar-refractivity contribution >= 4 is 0 Å². The SMILES string of the molecule is CC1=C(C#N)CCC(C#N)=C(C)N1. The second-order valence-corrected chi connectivity index (χ2v) is 3.06. The molecule has 0 saturated heterocycles. The molecule has 0 spiro atoms. The minimum atomic E-state index is 0.662. The fraction of sp³-hybridized carbons (Fsp3) is 0.400. The van der Waals surface area contributed by atoms with Crippen molar-refractivity contribution in [3.05, 3.63) is 22.5 Å². The van der Waals surface area contributed by atoms with E-state index >= 15 is 0 Å². The summed E-state index contributed by atoms with van der Waals surface area (Å²) in [5, 5.41) is 20.6. The lowest BCUT2D eigenvalue weighted by Crippen LogP contribution is -2.09. The van der Waals surface area contributed by atoms with Gasteiger partial charge >= 0.3 is 0 Å². The Morgan fingerprint density at radius 1 is 1.00 bits per heavy atom. The maximum Gasteiger partial charge on any atom is 0.0965 e. The quantitative estimate of drug-likeness (QED) is 0.609. The van der Waals surface area contributed by atoms with Gasteiger partial charge in [-0.05, 0) is 26.7 Å². The smallest absolute Gasteiger partial charge is 0.0965 e. The van der Waals surface area contributed by atoms with Crippen molar-refractivity contribution in [3.8, 4) is 12.1 Å². The molecular weight excluding hydrogens is 162 g/mol. The van der Waals surface area contributed by atoms with E-state index in [1.54, 1.807) is 0 Å². The molecule has 3 nitrogen and oxygen atoms in total. The predicted octanol–water partition coefficient (Wildman–Crippen LogP) is 1.96. The predicted molar refractivity (Wildman–Crippen MR) is 49.0 cm³/mol. The van der Waals surface area contributed by atoms with Crippen LogP contribution in [-0.4, -0.2) is 0 Å². The highest BCUT2D eigenvalue weighted by atomic mass is 14.9. The van der Waals surface area contributed by atoms with Gasteiger partial charge in [0, 0.05) is 22.5 Å². The molecule has 0 radical (unpaired) electrons. The Kier molecular flexibility index (Phi) is 2.72. The number of hydrogen-bond acceptors (Lipinski definition) is 3. The van der Waals surface area contributed by atoms with Crippen molar-refractivity contribution in [1.29, 1.82) is 10.5 Å². The highest BCUT2D eigenvalue weighted by Crippen LogP contribution is 2.20. The van der Waals surface area contributed by atoms with Gasteiger partial charge in [0.15, 0.2) is 0 Å². The number of nitrogens with one attached hydrogen (secondary N) is 1. The van der Waals surface area contributed by atoms with Crippen LogP contribution in [0.5, 0.6) is 0 Å². The van der Waals surface area contributed by atoms with Crippen LogP contribution < -0.4 is 5.32 Å². The van der Waals surface area contributed by atoms with Crippen LogP contribution in [0.2, 0.25) is 0 Å². The van der Waals surface area contributed by atoms with Crippen molar-refractivity contribution in [2.75, 3.05) is 0 Å². The van der Waals surface area contributed by atoms with Crippen molar-refractivity contribution in [1.82, 2.24) is 5.32 Å². The third kappa shape index (κ3) is 1.89. The maximum absolute atomic E-state index is 8.78. The van der Waals surface area contributed by atoms with Crippen LogP contribution >= 0.6 is 0 Å². The molecule has 1 aliphatic heterocycles. The van der Waals surface area contributed by atoms with Gasteiger partial charge in [0.1, 0.15) is 0 Å². The van der Waals surface area contributed by atoms with Gasteiger partial charge in [-0.3, -0.25) is 0 Å². The summed E-state index contributed by atoms with van der Waals surface area (Å²) < 4.78 is 0. The van der Waals surface area contributed by atoms with Crippen LogP contribution in [0.3, 0.4) is 0 Å². The fourth-order valence-electron chi connectivity index (χ4n) is 1.34. The second kappa shape index (κ2) is 3.78. The number of hydrogen-bond donors (Lipinski definition) is 1. The standard InChI is InChI=1S/C10H11N3/c1-7-9(5-11)3-4-10(6-12)8(2)13-7/h13H,3-4H2,1-2H3. The zero-order chi connectivity index (χ0) is 9.84. The van der Waals surface area contributed by atoms with Gasteiger partial charge in [0.2, 0.25) is 0 Å². The van der Waals surface area contributed by atoms with E-state index in [1.807, 2.05) is 13.8 Å². The zero-order valence-corrected chi connectivity index (χ0v) is 7.81. The number of rotatable bonds is 0. The summed E-state index contributed by atoms with van der Waals surface area (Å²) in [6.07, 6.45) is 1.32. The minimum absolute atomic E-state index is 0.662. The van der Waals surface area contributed by atoms with Gasteiger partial charge < -0.3 is 5.32 Å². The maximum atomic E-state index is 8.78. The summed E-state index contributed by atoms with van der Waals surface area (Å²) >= 11 is 0. The first-order chi connectivity index (χ1) is 6.19. The van der Waals surface area contributed by atoms with E-state index in [4.69, 9.17) is 10.5 Å². The third-order valence-electron chi connectivity index (χ3n) is 2.18. The highest BCUT2D eigenvalue weighted by molar-refractivity contribution is 5.36. The lowest BCUT2D eigenvalue weighted by atomic mass is 10.1. The largest absolute Gasteiger partial charge is 0.361 e. The van der Waals surface area contributed by atoms with E-state index in [0.29, 0.717) is 12.8 Å². The summed E-state index contributed by atoms with van der Waals surface area (Å²) in [6, 6.07) is 4.28. The van der Waals surface area contributed by atoms with Crippen LogP contribution in [0.25, 0.3) is 0 Å². The Bertz CT molecular complexity index is 325. The molecule has 0 aliphatic carbocycles. The van der Waals surface area contributed by atoms with E-state index in [9.17, 15) is 0 Å². The van der Waals surface area contributed by atoms with Crippen molar-refractivity contribution in [2.24, 2.45) is 0 Å². The minimum Gasteiger partial charge on any atom is -0.361 e. The number of nitrogens with zero attached hydrogens (tertiary/aromatic N) is 2. The van der Waals surface area contributed by atoms with Gasteiger partial charge in [-0.15, -0.1) is 0 Å². The molecule has 0 bridgehead atoms. The Labute approximate surface area is 78.0 Å². The fourth-order valence-corrected chi connectivity index (χ4v) is 1.34. The van der Waals surface area contributed by atoms with Crippen molar-refractivity contribution < 1.29 is 0 Å². The summed E-state index contributed by atoms with van der Waals surface area (Å²) in [7, 11) is 0. The lowest BCUT2D eigenvalue weighted by Gasteiger charge is -2.05. The van der Waals surface area contributed by atoms with E-state index in [-0.39, 0.29) is 0 Å². The van der Waals surface area contributed by atoms with Gasteiger partial charge in [-0.2, -0.15) is 10.5 Å². The molecule has 0 saturated carbocycles. The Morgan fingerprint density at radius 2 is 1.38 bits per heavy atom. The first-order valence-electron chi connectivity index (χ1n) is 4.15. The lowest BCUT2D eigenvalue weighted by molar-refractivity contribution is 0.952. The number of nitriles is 2. The molecule has 0 aromatic rings. The van der Waals surface area contributed by atoms with E-state index in [0.717, 1.165) is 22.5 Å². The molecule has 0 amide bonds. The average Bonchev–Trinajstić information content (AvgIpc) is 2.24. The van der Waals surface area contributed by atoms with E-state index in [2.05, 4.69) is 17.5 Å². The molecule has 0 aromatic heterocycles. The van der Waals surface area contributed by atoms with Gasteiger partial charge in [0.05, 0.1) is 12.1 Å². The van der Waals surface area contributed by atoms with Gasteiger partial charge in [-0.25, -0.2) is 0 Å². The second-order valence-electron chi connectivity index (χ2n) is 3.06. The molecule has 1 rings (SSSR count). The van der Waals surface area contributed by atoms with Crippen molar-refractivity contribution in [3.63, 3.8) is 0 Å². The van der Waals surface area contributed by atoms with Crippen LogP contribution in [-0.2, 0) is 0 Å². The third-order valence-corrected chi connectivity index (χ3v) is 2.18. The topological polar surface area (TPSA) is 59.6 Å². The highest BCUT2D eigenvalue weighted by Gasteiger charge is 2.11. The first-order valence-corrected chi connectivity index (χ1v) is 4.15. The van der Waals surface area contributed by atoms with Crippen LogP contribution in [0, 0.1) is 22.7 Å². The first kappa shape index (κ1) is 9.35. The van der Waals surface area contributed by atoms with Gasteiger partial charge in [0.25, 0.3) is 0 Å². The molecule has 0 aromatic carbocycles. The van der Waals surface area contributed by atoms with Crippen LogP contribution in [0.15, 0.2) is 22.5 Å². The zero-order valence-electron chi connectivity index (χ0n) is 7.81. The number of allylic oxidation sites excluding steroid dienone is 4. The van der Waals surface area contributed by atoms with E-state index in [1.165, 1.54) is 0 Å². The molecule has 13 heavy (non-hydrogen) atoms. The molecule has 0 unspecified atom stereocenters. The monoisotopic (exact) mass is 173 g/mol. The molecule has 1 heterocycles. The molecule has 0 atom stereocenters. The summed E-state index contributed by atoms with van der Waals surface area (Å²) in [5.74, 6) is 0. The Balaban J connectivity index is 2.98. The molecule has 3 heteroatoms. The summed E-state index contributed by atoms with van der Waals surface area (Å²) in [4.78, 5) is 0. The Hall–Kier alpha value is -1.74. The van der Waals surface area contributed by atoms with Crippen LogP contribution in [0.1, 0.15) is 26.7 Å². The Morgan fingerprint density at radius 3 is 1.69 bits per heavy atom. The van der Waals surface area contributed by atoms with Crippen LogP contribution in [0.4, 0.5) is 0 Å². The summed E-state index contributed by atoms with van der Waals surface area (Å²) in [5.41, 5.74) is 3.21. The summed E-state index contributed by atoms with van der Waals surface area (Å²) in [6.45, 7) is 3.73. The normalized spacial score (nSPS) is 17.2. The molecule has 66 valence electrons. The van der Waals surface area contributed by atoms with Crippen molar-refractivity contribution in [2.45, 2.75) is 26.7 Å². The van der Waals surface area contributed by atoms with Gasteiger partial charge in [-0.1, -0.05) is 0 Å².